The zero-order valence-electron chi connectivity index (χ0n) is 12.7. The molecule has 2 amide bonds. The lowest BCUT2D eigenvalue weighted by atomic mass is 10.1. The van der Waals surface area contributed by atoms with Crippen molar-refractivity contribution in [2.75, 3.05) is 6.54 Å². The summed E-state index contributed by atoms with van der Waals surface area (Å²) in [6.45, 7) is 2.68. The third-order valence-electron chi connectivity index (χ3n) is 3.04. The Morgan fingerprint density at radius 1 is 0.957 bits per heavy atom. The Kier molecular flexibility index (Phi) is 4.90. The van der Waals surface area contributed by atoms with Gasteiger partial charge in [0.05, 0.1) is 0 Å². The molecule has 1 aliphatic heterocycles. The van der Waals surface area contributed by atoms with Crippen LogP contribution in [0.1, 0.15) is 19.4 Å². The van der Waals surface area contributed by atoms with Crippen LogP contribution in [-0.4, -0.2) is 35.2 Å². The van der Waals surface area contributed by atoms with E-state index in [1.165, 1.54) is 38.1 Å². The third kappa shape index (κ3) is 4.26. The number of nitrogens with zero attached hydrogens (tertiary/aromatic N) is 1. The number of hydrogen-bond acceptors (Lipinski definition) is 6. The van der Waals surface area contributed by atoms with Gasteiger partial charge in [-0.1, -0.05) is 6.07 Å². The molecule has 1 aromatic rings. The molecule has 1 heterocycles. The van der Waals surface area contributed by atoms with Crippen molar-refractivity contribution < 1.29 is 28.7 Å². The Bertz CT molecular complexity index is 689. The summed E-state index contributed by atoms with van der Waals surface area (Å²) in [6, 6.07) is 4.71. The van der Waals surface area contributed by atoms with Gasteiger partial charge in [0, 0.05) is 32.5 Å². The SMILES string of the molecule is CC(=O)Oc1ccc(CCN2C(=O)C=CC2=O)cc1OC(C)=O. The van der Waals surface area contributed by atoms with Gasteiger partial charge in [0.15, 0.2) is 11.5 Å². The zero-order valence-corrected chi connectivity index (χ0v) is 12.7. The minimum Gasteiger partial charge on any atom is -0.423 e. The Labute approximate surface area is 132 Å². The highest BCUT2D eigenvalue weighted by molar-refractivity contribution is 6.12. The molecule has 120 valence electrons. The monoisotopic (exact) mass is 317 g/mol. The number of esters is 2. The maximum absolute atomic E-state index is 11.5. The molecule has 0 saturated carbocycles. The van der Waals surface area contributed by atoms with Gasteiger partial charge in [-0.2, -0.15) is 0 Å². The van der Waals surface area contributed by atoms with Crippen LogP contribution in [0.5, 0.6) is 11.5 Å². The fourth-order valence-electron chi connectivity index (χ4n) is 2.07. The molecule has 0 saturated heterocycles. The van der Waals surface area contributed by atoms with Gasteiger partial charge >= 0.3 is 11.9 Å². The van der Waals surface area contributed by atoms with Crippen LogP contribution in [0.15, 0.2) is 30.4 Å². The Morgan fingerprint density at radius 3 is 2.09 bits per heavy atom. The van der Waals surface area contributed by atoms with Gasteiger partial charge < -0.3 is 9.47 Å². The van der Waals surface area contributed by atoms with E-state index in [0.29, 0.717) is 6.42 Å². The fourth-order valence-corrected chi connectivity index (χ4v) is 2.07. The molecular weight excluding hydrogens is 302 g/mol. The molecule has 0 aliphatic carbocycles. The van der Waals surface area contributed by atoms with Crippen molar-refractivity contribution in [3.05, 3.63) is 35.9 Å². The average Bonchev–Trinajstić information content (AvgIpc) is 2.77. The van der Waals surface area contributed by atoms with E-state index >= 15 is 0 Å². The predicted octanol–water partition coefficient (Wildman–Crippen LogP) is 1.00. The maximum atomic E-state index is 11.5. The molecule has 0 radical (unpaired) electrons. The highest BCUT2D eigenvalue weighted by Gasteiger charge is 2.22. The van der Waals surface area contributed by atoms with Crippen LogP contribution < -0.4 is 9.47 Å². The maximum Gasteiger partial charge on any atom is 0.308 e. The molecule has 0 aromatic heterocycles. The molecule has 0 fully saturated rings. The predicted molar refractivity (Wildman–Crippen MR) is 78.6 cm³/mol. The molecular formula is C16H15NO6. The first-order valence-electron chi connectivity index (χ1n) is 6.90. The van der Waals surface area contributed by atoms with Crippen LogP contribution in [0.25, 0.3) is 0 Å². The lowest BCUT2D eigenvalue weighted by molar-refractivity contribution is -0.137. The molecule has 23 heavy (non-hydrogen) atoms. The number of imide groups is 1. The second-order valence-corrected chi connectivity index (χ2v) is 4.88. The first-order valence-corrected chi connectivity index (χ1v) is 6.90. The highest BCUT2D eigenvalue weighted by Crippen LogP contribution is 2.29. The van der Waals surface area contributed by atoms with Crippen LogP contribution in [0.4, 0.5) is 0 Å². The molecule has 1 aromatic carbocycles. The van der Waals surface area contributed by atoms with Crippen LogP contribution >= 0.6 is 0 Å². The van der Waals surface area contributed by atoms with Crippen molar-refractivity contribution in [2.45, 2.75) is 20.3 Å². The quantitative estimate of drug-likeness (QED) is 0.457. The number of amides is 2. The molecule has 2 rings (SSSR count). The Balaban J connectivity index is 2.13. The molecule has 0 unspecified atom stereocenters. The topological polar surface area (TPSA) is 90.0 Å². The summed E-state index contributed by atoms with van der Waals surface area (Å²) in [4.78, 5) is 46.3. The normalized spacial score (nSPS) is 13.4. The van der Waals surface area contributed by atoms with E-state index in [9.17, 15) is 19.2 Å². The molecule has 0 atom stereocenters. The largest absolute Gasteiger partial charge is 0.423 e. The van der Waals surface area contributed by atoms with E-state index in [4.69, 9.17) is 9.47 Å². The minimum absolute atomic E-state index is 0.113. The Morgan fingerprint density at radius 2 is 1.52 bits per heavy atom. The van der Waals surface area contributed by atoms with E-state index in [1.54, 1.807) is 6.07 Å². The second-order valence-electron chi connectivity index (χ2n) is 4.88. The van der Waals surface area contributed by atoms with Crippen LogP contribution in [0, 0.1) is 0 Å². The van der Waals surface area contributed by atoms with Crippen molar-refractivity contribution in [3.63, 3.8) is 0 Å². The number of carbonyl (C=O) groups excluding carboxylic acids is 4. The lowest BCUT2D eigenvalue weighted by Gasteiger charge is -2.14. The van der Waals surface area contributed by atoms with Gasteiger partial charge in [-0.05, 0) is 24.1 Å². The molecule has 7 nitrogen and oxygen atoms in total. The van der Waals surface area contributed by atoms with Crippen molar-refractivity contribution in [3.8, 4) is 11.5 Å². The average molecular weight is 317 g/mol. The van der Waals surface area contributed by atoms with Gasteiger partial charge in [-0.25, -0.2) is 0 Å². The summed E-state index contributed by atoms with van der Waals surface area (Å²) in [7, 11) is 0. The van der Waals surface area contributed by atoms with E-state index in [2.05, 4.69) is 0 Å². The van der Waals surface area contributed by atoms with Gasteiger partial charge in [-0.15, -0.1) is 0 Å². The van der Waals surface area contributed by atoms with Crippen LogP contribution in [0.2, 0.25) is 0 Å². The van der Waals surface area contributed by atoms with Gasteiger partial charge in [0.2, 0.25) is 0 Å². The smallest absolute Gasteiger partial charge is 0.308 e. The third-order valence-corrected chi connectivity index (χ3v) is 3.04. The summed E-state index contributed by atoms with van der Waals surface area (Å²) in [5.74, 6) is -1.55. The van der Waals surface area contributed by atoms with Crippen molar-refractivity contribution in [2.24, 2.45) is 0 Å². The number of benzene rings is 1. The summed E-state index contributed by atoms with van der Waals surface area (Å²) < 4.78 is 9.99. The lowest BCUT2D eigenvalue weighted by Crippen LogP contribution is -2.31. The number of hydrogen-bond donors (Lipinski definition) is 0. The van der Waals surface area contributed by atoms with Gasteiger partial charge in [0.1, 0.15) is 0 Å². The van der Waals surface area contributed by atoms with Gasteiger partial charge in [-0.3, -0.25) is 24.1 Å². The standard InChI is InChI=1S/C16H15NO6/c1-10(18)22-13-4-3-12(9-14(13)23-11(2)19)7-8-17-15(20)5-6-16(17)21/h3-6,9H,7-8H2,1-2H3. The minimum atomic E-state index is -0.551. The molecule has 1 aliphatic rings. The van der Waals surface area contributed by atoms with Crippen LogP contribution in [-0.2, 0) is 25.6 Å². The van der Waals surface area contributed by atoms with Crippen molar-refractivity contribution in [1.29, 1.82) is 0 Å². The summed E-state index contributed by atoms with van der Waals surface area (Å²) in [5.41, 5.74) is 0.727. The summed E-state index contributed by atoms with van der Waals surface area (Å²) in [6.07, 6.45) is 2.82. The fraction of sp³-hybridized carbons (Fsp3) is 0.250. The number of carbonyl (C=O) groups is 4. The second kappa shape index (κ2) is 6.87. The molecule has 0 bridgehead atoms. The summed E-state index contributed by atoms with van der Waals surface area (Å²) in [5, 5.41) is 0. The molecule has 7 heteroatoms. The van der Waals surface area contributed by atoms with Gasteiger partial charge in [0.25, 0.3) is 11.8 Å². The van der Waals surface area contributed by atoms with E-state index in [-0.39, 0.29) is 29.9 Å². The highest BCUT2D eigenvalue weighted by atomic mass is 16.6. The Hall–Kier alpha value is -2.96. The van der Waals surface area contributed by atoms with Crippen LogP contribution in [0.3, 0.4) is 0 Å². The number of rotatable bonds is 5. The zero-order chi connectivity index (χ0) is 17.0. The van der Waals surface area contributed by atoms with Crippen molar-refractivity contribution in [1.82, 2.24) is 4.90 Å². The first kappa shape index (κ1) is 16.4. The summed E-state index contributed by atoms with van der Waals surface area (Å²) >= 11 is 0. The van der Waals surface area contributed by atoms with E-state index in [0.717, 1.165) is 10.5 Å². The van der Waals surface area contributed by atoms with E-state index < -0.39 is 11.9 Å². The van der Waals surface area contributed by atoms with E-state index in [1.807, 2.05) is 0 Å². The molecule has 0 spiro atoms. The molecule has 0 N–H and O–H groups in total. The van der Waals surface area contributed by atoms with Crippen molar-refractivity contribution >= 4 is 23.8 Å². The number of ether oxygens (including phenoxy) is 2. The first-order chi connectivity index (χ1) is 10.9.